The quantitative estimate of drug-likeness (QED) is 0.417. The maximum atomic E-state index is 13.2. The van der Waals surface area contributed by atoms with Crippen LogP contribution in [0.1, 0.15) is 27.2 Å². The number of carboxylic acids is 1. The van der Waals surface area contributed by atoms with Crippen LogP contribution in [0.4, 0.5) is 11.5 Å². The lowest BCUT2D eigenvalue weighted by Crippen LogP contribution is -2.57. The highest BCUT2D eigenvalue weighted by Crippen LogP contribution is 2.36. The molecule has 3 aromatic heterocycles. The van der Waals surface area contributed by atoms with Crippen molar-refractivity contribution in [1.82, 2.24) is 19.4 Å². The third-order valence-electron chi connectivity index (χ3n) is 7.57. The largest absolute Gasteiger partial charge is 0.477 e. The third kappa shape index (κ3) is 3.99. The van der Waals surface area contributed by atoms with Gasteiger partial charge in [0.25, 0.3) is 0 Å². The van der Waals surface area contributed by atoms with E-state index in [0.29, 0.717) is 35.4 Å². The predicted molar refractivity (Wildman–Crippen MR) is 148 cm³/mol. The zero-order valence-electron chi connectivity index (χ0n) is 21.3. The number of hydrogen-bond donors (Lipinski definition) is 1. The number of anilines is 2. The van der Waals surface area contributed by atoms with Crippen molar-refractivity contribution in [2.75, 3.05) is 37.0 Å². The molecule has 4 aromatic rings. The first kappa shape index (κ1) is 24.4. The SMILES string of the molecule is Cc1cc(N2CC(N(C)C)C2)ncc1-n1cc(C(=O)O)c(=O)c2cc(Cl)c(N3Cc4cccnc4C3)cc21. The number of carboxylic acid groups (broad SMARTS) is 1. The van der Waals surface area contributed by atoms with E-state index in [-0.39, 0.29) is 10.9 Å². The minimum atomic E-state index is -1.29. The Labute approximate surface area is 224 Å². The Morgan fingerprint density at radius 3 is 2.58 bits per heavy atom. The first-order chi connectivity index (χ1) is 18.2. The van der Waals surface area contributed by atoms with Crippen molar-refractivity contribution in [1.29, 1.82) is 0 Å². The molecule has 0 amide bonds. The number of halogens is 1. The van der Waals surface area contributed by atoms with Crippen molar-refractivity contribution in [3.05, 3.63) is 86.6 Å². The van der Waals surface area contributed by atoms with Crippen LogP contribution in [0.25, 0.3) is 16.6 Å². The van der Waals surface area contributed by atoms with Crippen LogP contribution in [0.3, 0.4) is 0 Å². The molecule has 0 spiro atoms. The molecule has 1 N–H and O–H groups in total. The molecule has 0 aliphatic carbocycles. The van der Waals surface area contributed by atoms with Crippen LogP contribution in [0.2, 0.25) is 5.02 Å². The second kappa shape index (κ2) is 9.11. The van der Waals surface area contributed by atoms with Gasteiger partial charge in [-0.3, -0.25) is 9.78 Å². The fourth-order valence-electron chi connectivity index (χ4n) is 5.23. The van der Waals surface area contributed by atoms with E-state index < -0.39 is 11.4 Å². The first-order valence-electron chi connectivity index (χ1n) is 12.4. The number of aromatic carboxylic acids is 1. The Morgan fingerprint density at radius 1 is 1.11 bits per heavy atom. The van der Waals surface area contributed by atoms with Gasteiger partial charge in [-0.25, -0.2) is 9.78 Å². The highest BCUT2D eigenvalue weighted by molar-refractivity contribution is 6.34. The number of aryl methyl sites for hydroxylation is 1. The highest BCUT2D eigenvalue weighted by Gasteiger charge is 2.30. The molecular weight excluding hydrogens is 504 g/mol. The van der Waals surface area contributed by atoms with E-state index in [1.165, 1.54) is 6.20 Å². The number of hydrogen-bond acceptors (Lipinski definition) is 7. The number of likely N-dealkylation sites (N-methyl/N-ethyl adjacent to an activating group) is 1. The number of benzene rings is 1. The Bertz CT molecular complexity index is 1640. The van der Waals surface area contributed by atoms with Gasteiger partial charge in [-0.1, -0.05) is 17.7 Å². The van der Waals surface area contributed by atoms with E-state index in [2.05, 4.69) is 33.8 Å². The Hall–Kier alpha value is -3.95. The molecule has 0 bridgehead atoms. The summed E-state index contributed by atoms with van der Waals surface area (Å²) in [7, 11) is 4.15. The van der Waals surface area contributed by atoms with Crippen LogP contribution >= 0.6 is 11.6 Å². The Kier molecular flexibility index (Phi) is 5.85. The molecule has 9 nitrogen and oxygen atoms in total. The number of pyridine rings is 3. The average molecular weight is 531 g/mol. The zero-order valence-corrected chi connectivity index (χ0v) is 22.1. The van der Waals surface area contributed by atoms with Gasteiger partial charge in [0.15, 0.2) is 0 Å². The van der Waals surface area contributed by atoms with Gasteiger partial charge in [0.05, 0.1) is 40.3 Å². The van der Waals surface area contributed by atoms with Crippen LogP contribution in [0.5, 0.6) is 0 Å². The molecule has 1 aromatic carbocycles. The van der Waals surface area contributed by atoms with E-state index in [0.717, 1.165) is 41.4 Å². The number of aromatic nitrogens is 3. The molecule has 1 fully saturated rings. The van der Waals surface area contributed by atoms with E-state index in [1.807, 2.05) is 31.2 Å². The van der Waals surface area contributed by atoms with Gasteiger partial charge >= 0.3 is 5.97 Å². The summed E-state index contributed by atoms with van der Waals surface area (Å²) >= 11 is 6.69. The molecule has 2 aliphatic heterocycles. The van der Waals surface area contributed by atoms with Gasteiger partial charge in [-0.15, -0.1) is 0 Å². The van der Waals surface area contributed by atoms with Crippen LogP contribution in [-0.2, 0) is 13.1 Å². The average Bonchev–Trinajstić information content (AvgIpc) is 3.27. The first-order valence-corrected chi connectivity index (χ1v) is 12.8. The third-order valence-corrected chi connectivity index (χ3v) is 7.88. The standard InChI is InChI=1S/C28H27ClN6O3/c1-16-7-26(34-12-18(13-34)32(2)3)31-10-25(16)35-14-20(28(37)38)27(36)19-8-21(29)24(9-23(19)35)33-11-17-5-4-6-30-22(17)15-33/h4-10,14,18H,11-13,15H2,1-3H3,(H,37,38). The summed E-state index contributed by atoms with van der Waals surface area (Å²) in [4.78, 5) is 40.9. The monoisotopic (exact) mass is 530 g/mol. The summed E-state index contributed by atoms with van der Waals surface area (Å²) in [6.07, 6.45) is 4.91. The highest BCUT2D eigenvalue weighted by atomic mass is 35.5. The molecule has 1 saturated heterocycles. The van der Waals surface area contributed by atoms with E-state index in [9.17, 15) is 14.7 Å². The molecule has 10 heteroatoms. The predicted octanol–water partition coefficient (Wildman–Crippen LogP) is 3.71. The fraction of sp³-hybridized carbons (Fsp3) is 0.286. The maximum absolute atomic E-state index is 13.2. The topological polar surface area (TPSA) is 94.8 Å². The van der Waals surface area contributed by atoms with Gasteiger partial charge < -0.3 is 24.4 Å². The van der Waals surface area contributed by atoms with Gasteiger partial charge in [-0.2, -0.15) is 0 Å². The molecule has 194 valence electrons. The van der Waals surface area contributed by atoms with Crippen LogP contribution in [0.15, 0.2) is 53.7 Å². The van der Waals surface area contributed by atoms with E-state index in [4.69, 9.17) is 16.6 Å². The van der Waals surface area contributed by atoms with Crippen LogP contribution < -0.4 is 15.2 Å². The van der Waals surface area contributed by atoms with E-state index in [1.54, 1.807) is 23.0 Å². The van der Waals surface area contributed by atoms with Gasteiger partial charge in [0.2, 0.25) is 5.43 Å². The second-order valence-corrected chi connectivity index (χ2v) is 10.6. The zero-order chi connectivity index (χ0) is 26.7. The van der Waals surface area contributed by atoms with Crippen molar-refractivity contribution in [3.63, 3.8) is 0 Å². The molecule has 0 unspecified atom stereocenters. The number of nitrogens with zero attached hydrogens (tertiary/aromatic N) is 6. The molecule has 38 heavy (non-hydrogen) atoms. The molecular formula is C28H27ClN6O3. The summed E-state index contributed by atoms with van der Waals surface area (Å²) in [5, 5.41) is 10.4. The summed E-state index contributed by atoms with van der Waals surface area (Å²) < 4.78 is 1.74. The summed E-state index contributed by atoms with van der Waals surface area (Å²) in [6.45, 7) is 5.01. The molecule has 2 aliphatic rings. The maximum Gasteiger partial charge on any atom is 0.341 e. The van der Waals surface area contributed by atoms with Gasteiger partial charge in [0, 0.05) is 43.5 Å². The molecule has 0 atom stereocenters. The van der Waals surface area contributed by atoms with Gasteiger partial charge in [0.1, 0.15) is 11.4 Å². The molecule has 6 rings (SSSR count). The number of fused-ring (bicyclic) bond motifs is 2. The Morgan fingerprint density at radius 2 is 1.89 bits per heavy atom. The lowest BCUT2D eigenvalue weighted by atomic mass is 10.1. The second-order valence-electron chi connectivity index (χ2n) is 10.2. The minimum absolute atomic E-state index is 0.244. The summed E-state index contributed by atoms with van der Waals surface area (Å²) in [5.74, 6) is -0.413. The van der Waals surface area contributed by atoms with Crippen LogP contribution in [-0.4, -0.2) is 63.7 Å². The number of carbonyl (C=O) groups is 1. The summed E-state index contributed by atoms with van der Waals surface area (Å²) in [5.41, 5.74) is 4.16. The lowest BCUT2D eigenvalue weighted by molar-refractivity contribution is 0.0695. The lowest BCUT2D eigenvalue weighted by Gasteiger charge is -2.43. The van der Waals surface area contributed by atoms with Gasteiger partial charge in [-0.05, 0) is 56.4 Å². The molecule has 5 heterocycles. The van der Waals surface area contributed by atoms with Crippen molar-refractivity contribution in [2.24, 2.45) is 0 Å². The van der Waals surface area contributed by atoms with E-state index >= 15 is 0 Å². The van der Waals surface area contributed by atoms with Crippen molar-refractivity contribution >= 4 is 40.0 Å². The normalized spacial score (nSPS) is 15.3. The van der Waals surface area contributed by atoms with Crippen molar-refractivity contribution < 1.29 is 9.90 Å². The number of rotatable bonds is 5. The smallest absolute Gasteiger partial charge is 0.341 e. The van der Waals surface area contributed by atoms with Crippen LogP contribution in [0, 0.1) is 6.92 Å². The molecule has 0 saturated carbocycles. The minimum Gasteiger partial charge on any atom is -0.477 e. The van der Waals surface area contributed by atoms with Crippen molar-refractivity contribution in [2.45, 2.75) is 26.1 Å². The Balaban J connectivity index is 1.47. The fourth-order valence-corrected chi connectivity index (χ4v) is 5.51. The van der Waals surface area contributed by atoms with Crippen molar-refractivity contribution in [3.8, 4) is 5.69 Å². The summed E-state index contributed by atoms with van der Waals surface area (Å²) in [6, 6.07) is 9.89. The molecule has 0 radical (unpaired) electrons.